The van der Waals surface area contributed by atoms with Crippen molar-refractivity contribution in [2.75, 3.05) is 13.1 Å². The van der Waals surface area contributed by atoms with E-state index in [4.69, 9.17) is 11.6 Å². The van der Waals surface area contributed by atoms with Gasteiger partial charge >= 0.3 is 0 Å². The summed E-state index contributed by atoms with van der Waals surface area (Å²) in [5.41, 5.74) is 0.424. The molecule has 4 nitrogen and oxygen atoms in total. The highest BCUT2D eigenvalue weighted by atomic mass is 35.5. The topological polar surface area (TPSA) is 58.2 Å². The molecule has 0 saturated carbocycles. The molecule has 0 saturated heterocycles. The summed E-state index contributed by atoms with van der Waals surface area (Å²) in [6, 6.07) is 6.81. The first-order chi connectivity index (χ1) is 8.65. The Balaban J connectivity index is 2.34. The van der Waals surface area contributed by atoms with Crippen LogP contribution in [0.5, 0.6) is 0 Å². The van der Waals surface area contributed by atoms with Crippen LogP contribution in [0.2, 0.25) is 5.02 Å². The van der Waals surface area contributed by atoms with E-state index >= 15 is 0 Å². The molecule has 18 heavy (non-hydrogen) atoms. The predicted molar refractivity (Wildman–Crippen MR) is 71.7 cm³/mol. The Kier molecular flexibility index (Phi) is 6.22. The number of hydrogen-bond donors (Lipinski definition) is 2. The highest BCUT2D eigenvalue weighted by Gasteiger charge is 2.09. The second-order valence-electron chi connectivity index (χ2n) is 3.84. The molecule has 0 fully saturated rings. The Hall–Kier alpha value is -1.55. The first kappa shape index (κ1) is 14.5. The van der Waals surface area contributed by atoms with E-state index in [0.29, 0.717) is 23.7 Å². The first-order valence-electron chi connectivity index (χ1n) is 5.94. The largest absolute Gasteiger partial charge is 0.356 e. The lowest BCUT2D eigenvalue weighted by Crippen LogP contribution is -2.31. The molecule has 0 heterocycles. The maximum atomic E-state index is 11.7. The quantitative estimate of drug-likeness (QED) is 0.829. The second-order valence-corrected chi connectivity index (χ2v) is 4.24. The average Bonchev–Trinajstić information content (AvgIpc) is 2.36. The molecule has 98 valence electrons. The van der Waals surface area contributed by atoms with Crippen molar-refractivity contribution < 1.29 is 9.59 Å². The molecule has 1 rings (SSSR count). The minimum Gasteiger partial charge on any atom is -0.356 e. The van der Waals surface area contributed by atoms with Gasteiger partial charge in [-0.25, -0.2) is 0 Å². The summed E-state index contributed by atoms with van der Waals surface area (Å²) in [7, 11) is 0. The Morgan fingerprint density at radius 1 is 1.17 bits per heavy atom. The monoisotopic (exact) mass is 268 g/mol. The minimum atomic E-state index is -0.260. The Labute approximate surface area is 112 Å². The van der Waals surface area contributed by atoms with Crippen molar-refractivity contribution >= 4 is 23.4 Å². The normalized spacial score (nSPS) is 9.89. The summed E-state index contributed by atoms with van der Waals surface area (Å²) >= 11 is 5.89. The summed E-state index contributed by atoms with van der Waals surface area (Å²) in [6.45, 7) is 2.95. The van der Waals surface area contributed by atoms with Crippen LogP contribution in [0.3, 0.4) is 0 Å². The van der Waals surface area contributed by atoms with Gasteiger partial charge in [-0.05, 0) is 18.6 Å². The van der Waals surface area contributed by atoms with Crippen molar-refractivity contribution in [3.8, 4) is 0 Å². The molecule has 0 aliphatic rings. The number of hydrogen-bond acceptors (Lipinski definition) is 2. The van der Waals surface area contributed by atoms with E-state index in [9.17, 15) is 9.59 Å². The van der Waals surface area contributed by atoms with Crippen LogP contribution < -0.4 is 10.6 Å². The number of carbonyl (C=O) groups excluding carboxylic acids is 2. The predicted octanol–water partition coefficient (Wildman–Crippen LogP) is 1.99. The van der Waals surface area contributed by atoms with Crippen molar-refractivity contribution in [1.29, 1.82) is 0 Å². The number of nitrogens with one attached hydrogen (secondary N) is 2. The molecule has 0 unspecified atom stereocenters. The van der Waals surface area contributed by atoms with Crippen molar-refractivity contribution in [2.24, 2.45) is 0 Å². The van der Waals surface area contributed by atoms with E-state index in [-0.39, 0.29) is 18.2 Å². The van der Waals surface area contributed by atoms with Gasteiger partial charge in [0.25, 0.3) is 5.91 Å². The van der Waals surface area contributed by atoms with Crippen LogP contribution in [0, 0.1) is 0 Å². The molecule has 0 bridgehead atoms. The van der Waals surface area contributed by atoms with Gasteiger partial charge in [0.05, 0.1) is 10.6 Å². The van der Waals surface area contributed by atoms with Crippen LogP contribution in [0.15, 0.2) is 24.3 Å². The van der Waals surface area contributed by atoms with Crippen LogP contribution in [0.1, 0.15) is 30.1 Å². The standard InChI is InChI=1S/C13H17ClN2O2/c1-2-8-15-12(17)7-9-16-13(18)10-5-3-4-6-11(10)14/h3-6H,2,7-9H2,1H3,(H,15,17)(H,16,18). The van der Waals surface area contributed by atoms with Crippen LogP contribution in [0.25, 0.3) is 0 Å². The van der Waals surface area contributed by atoms with E-state index in [0.717, 1.165) is 6.42 Å². The van der Waals surface area contributed by atoms with Gasteiger partial charge in [-0.2, -0.15) is 0 Å². The molecule has 2 N–H and O–H groups in total. The molecule has 0 aliphatic heterocycles. The fourth-order valence-corrected chi connectivity index (χ4v) is 1.60. The molecule has 2 amide bonds. The molecule has 0 atom stereocenters. The van der Waals surface area contributed by atoms with Gasteiger partial charge in [0.2, 0.25) is 5.91 Å². The number of rotatable bonds is 6. The van der Waals surface area contributed by atoms with E-state index in [2.05, 4.69) is 10.6 Å². The summed E-state index contributed by atoms with van der Waals surface area (Å²) in [5.74, 6) is -0.319. The number of benzene rings is 1. The van der Waals surface area contributed by atoms with Crippen LogP contribution in [-0.2, 0) is 4.79 Å². The zero-order chi connectivity index (χ0) is 13.4. The van der Waals surface area contributed by atoms with E-state index in [1.165, 1.54) is 0 Å². The fraction of sp³-hybridized carbons (Fsp3) is 0.385. The maximum Gasteiger partial charge on any atom is 0.252 e. The molecule has 0 spiro atoms. The minimum absolute atomic E-state index is 0.0590. The molecule has 1 aromatic rings. The molecular weight excluding hydrogens is 252 g/mol. The third-order valence-electron chi connectivity index (χ3n) is 2.33. The smallest absolute Gasteiger partial charge is 0.252 e. The highest BCUT2D eigenvalue weighted by Crippen LogP contribution is 2.14. The summed E-state index contributed by atoms with van der Waals surface area (Å²) < 4.78 is 0. The van der Waals surface area contributed by atoms with E-state index in [1.54, 1.807) is 24.3 Å². The Morgan fingerprint density at radius 2 is 1.89 bits per heavy atom. The lowest BCUT2D eigenvalue weighted by molar-refractivity contribution is -0.120. The zero-order valence-corrected chi connectivity index (χ0v) is 11.1. The fourth-order valence-electron chi connectivity index (χ4n) is 1.38. The van der Waals surface area contributed by atoms with Crippen LogP contribution >= 0.6 is 11.6 Å². The zero-order valence-electron chi connectivity index (χ0n) is 10.3. The third kappa shape index (κ3) is 4.75. The van der Waals surface area contributed by atoms with E-state index in [1.807, 2.05) is 6.92 Å². The van der Waals surface area contributed by atoms with Crippen LogP contribution in [0.4, 0.5) is 0 Å². The van der Waals surface area contributed by atoms with Gasteiger partial charge in [0.15, 0.2) is 0 Å². The Bertz CT molecular complexity index is 421. The van der Waals surface area contributed by atoms with Gasteiger partial charge in [-0.1, -0.05) is 30.7 Å². The molecule has 0 aliphatic carbocycles. The summed E-state index contributed by atoms with van der Waals surface area (Å²) in [6.07, 6.45) is 1.17. The number of amides is 2. The molecule has 1 aromatic carbocycles. The Morgan fingerprint density at radius 3 is 2.56 bits per heavy atom. The summed E-state index contributed by atoms with van der Waals surface area (Å²) in [5, 5.41) is 5.81. The number of carbonyl (C=O) groups is 2. The SMILES string of the molecule is CCCNC(=O)CCNC(=O)c1ccccc1Cl. The summed E-state index contributed by atoms with van der Waals surface area (Å²) in [4.78, 5) is 23.0. The van der Waals surface area contributed by atoms with Gasteiger partial charge in [-0.3, -0.25) is 9.59 Å². The van der Waals surface area contributed by atoms with Gasteiger partial charge < -0.3 is 10.6 Å². The van der Waals surface area contributed by atoms with Crippen LogP contribution in [-0.4, -0.2) is 24.9 Å². The van der Waals surface area contributed by atoms with Gasteiger partial charge in [0, 0.05) is 19.5 Å². The lowest BCUT2D eigenvalue weighted by atomic mass is 10.2. The first-order valence-corrected chi connectivity index (χ1v) is 6.32. The van der Waals surface area contributed by atoms with Gasteiger partial charge in [0.1, 0.15) is 0 Å². The van der Waals surface area contributed by atoms with Crippen molar-refractivity contribution in [2.45, 2.75) is 19.8 Å². The van der Waals surface area contributed by atoms with Crippen molar-refractivity contribution in [3.05, 3.63) is 34.9 Å². The van der Waals surface area contributed by atoms with Crippen molar-refractivity contribution in [1.82, 2.24) is 10.6 Å². The highest BCUT2D eigenvalue weighted by molar-refractivity contribution is 6.33. The van der Waals surface area contributed by atoms with E-state index < -0.39 is 0 Å². The molecular formula is C13H17ClN2O2. The van der Waals surface area contributed by atoms with Crippen molar-refractivity contribution in [3.63, 3.8) is 0 Å². The molecule has 0 radical (unpaired) electrons. The molecule has 0 aromatic heterocycles. The second kappa shape index (κ2) is 7.71. The van der Waals surface area contributed by atoms with Gasteiger partial charge in [-0.15, -0.1) is 0 Å². The molecule has 5 heteroatoms. The maximum absolute atomic E-state index is 11.7. The number of halogens is 1. The third-order valence-corrected chi connectivity index (χ3v) is 2.66. The average molecular weight is 269 g/mol. The lowest BCUT2D eigenvalue weighted by Gasteiger charge is -2.07.